The van der Waals surface area contributed by atoms with Gasteiger partial charge in [0.1, 0.15) is 41.3 Å². The van der Waals surface area contributed by atoms with E-state index in [1.165, 1.54) is 49.3 Å². The number of nitrogens with zero attached hydrogens (tertiary/aromatic N) is 3. The highest BCUT2D eigenvalue weighted by Crippen LogP contribution is 2.31. The number of methoxy groups -OCH3 is 2. The number of alkyl carbamates (subject to hydrolysis) is 1. The molecule has 0 radical (unpaired) electrons. The third kappa shape index (κ3) is 24.8. The smallest absolute Gasteiger partial charge is 0.408 e. The van der Waals surface area contributed by atoms with Crippen molar-refractivity contribution < 1.29 is 65.8 Å². The number of anilines is 1. The summed E-state index contributed by atoms with van der Waals surface area (Å²) in [7, 11) is 0.865. The summed E-state index contributed by atoms with van der Waals surface area (Å²) in [6.07, 6.45) is 3.99. The Morgan fingerprint density at radius 2 is 1.46 bits per heavy atom. The van der Waals surface area contributed by atoms with E-state index in [0.717, 1.165) is 16.8 Å². The van der Waals surface area contributed by atoms with Crippen LogP contribution >= 0.6 is 11.3 Å². The van der Waals surface area contributed by atoms with Gasteiger partial charge in [-0.25, -0.2) is 27.7 Å². The summed E-state index contributed by atoms with van der Waals surface area (Å²) in [5, 5.41) is 21.8. The van der Waals surface area contributed by atoms with Gasteiger partial charge in [0.2, 0.25) is 51.4 Å². The SMILES string of the molecule is CC[C@H](C)[C@@H]([C@@H](CC(=O)N1CCC[C@H]1[C@H](OC)[C@@H](C)C(=O)N[C@@H](Cc1ccccc1)c1nccs1)OC)N(C)C(=O)[C@@H](NC(=O)C(C)(C)NC(=O)OCc1ccc(NC(=O)[C@H](CCCNC(N)=O)NC(=O)[C@@H](NC(=O)[C@H](CCCCN)NS(C)(=O)=O)C(C)C)cc1)C(C)C. The van der Waals surface area contributed by atoms with Gasteiger partial charge in [-0.15, -0.1) is 11.3 Å². The number of aromatic nitrogens is 1. The summed E-state index contributed by atoms with van der Waals surface area (Å²) < 4.78 is 44.2. The number of hydrogen-bond acceptors (Lipinski definition) is 17. The quantitative estimate of drug-likeness (QED) is 0.0355. The summed E-state index contributed by atoms with van der Waals surface area (Å²) in [5.74, 6) is -5.41. The molecule has 1 aliphatic heterocycles. The Bertz CT molecular complexity index is 3050. The molecule has 2 aromatic carbocycles. The molecule has 1 fully saturated rings. The number of benzene rings is 2. The van der Waals surface area contributed by atoms with Gasteiger partial charge in [-0.05, 0) is 106 Å². The van der Waals surface area contributed by atoms with Crippen molar-refractivity contribution in [2.75, 3.05) is 52.5 Å². The molecule has 2 heterocycles. The summed E-state index contributed by atoms with van der Waals surface area (Å²) in [5.41, 5.74) is 11.1. The van der Waals surface area contributed by atoms with Gasteiger partial charge in [0.15, 0.2) is 0 Å². The average molecular weight is 1350 g/mol. The van der Waals surface area contributed by atoms with Crippen LogP contribution in [0.25, 0.3) is 0 Å². The molecule has 94 heavy (non-hydrogen) atoms. The van der Waals surface area contributed by atoms with Crippen molar-refractivity contribution in [1.29, 1.82) is 0 Å². The fraction of sp³-hybridized carbons (Fsp3) is 0.631. The molecule has 0 spiro atoms. The molecule has 27 nitrogen and oxygen atoms in total. The molecule has 1 saturated heterocycles. The minimum Gasteiger partial charge on any atom is -0.445 e. The number of amides is 10. The molecular weight excluding hydrogens is 1250 g/mol. The number of primary amides is 1. The number of likely N-dealkylation sites (N-methyl/N-ethyl adjacent to an activating group) is 1. The number of carbonyl (C=O) groups is 9. The van der Waals surface area contributed by atoms with Gasteiger partial charge in [0.25, 0.3) is 0 Å². The van der Waals surface area contributed by atoms with E-state index < -0.39 is 123 Å². The molecule has 3 aromatic rings. The second-order valence-electron chi connectivity index (χ2n) is 25.4. The maximum absolute atomic E-state index is 14.7. The molecule has 0 saturated carbocycles. The third-order valence-electron chi connectivity index (χ3n) is 16.9. The Morgan fingerprint density at radius 3 is 2.03 bits per heavy atom. The number of urea groups is 1. The molecule has 4 rings (SSSR count). The number of unbranched alkanes of at least 4 members (excludes halogenated alkanes) is 1. The molecule has 0 unspecified atom stereocenters. The van der Waals surface area contributed by atoms with Gasteiger partial charge >= 0.3 is 12.1 Å². The Hall–Kier alpha value is -7.31. The maximum atomic E-state index is 14.7. The first kappa shape index (κ1) is 79.1. The fourth-order valence-electron chi connectivity index (χ4n) is 11.4. The van der Waals surface area contributed by atoms with Crippen LogP contribution in [0.3, 0.4) is 0 Å². The van der Waals surface area contributed by atoms with E-state index in [2.05, 4.69) is 46.9 Å². The number of nitrogens with one attached hydrogen (secondary N) is 8. The summed E-state index contributed by atoms with van der Waals surface area (Å²) in [6.45, 7) is 16.2. The van der Waals surface area contributed by atoms with Crippen LogP contribution < -0.4 is 53.4 Å². The number of rotatable bonds is 39. The fourth-order valence-corrected chi connectivity index (χ4v) is 12.8. The zero-order chi connectivity index (χ0) is 70.0. The highest BCUT2D eigenvalue weighted by molar-refractivity contribution is 7.88. The lowest BCUT2D eigenvalue weighted by Crippen LogP contribution is -2.62. The van der Waals surface area contributed by atoms with Crippen molar-refractivity contribution in [3.63, 3.8) is 0 Å². The van der Waals surface area contributed by atoms with E-state index in [-0.39, 0.29) is 62.6 Å². The Labute approximate surface area is 558 Å². The van der Waals surface area contributed by atoms with Crippen LogP contribution in [0.4, 0.5) is 15.3 Å². The van der Waals surface area contributed by atoms with Gasteiger partial charge in [-0.2, -0.15) is 0 Å². The maximum Gasteiger partial charge on any atom is 0.408 e. The number of nitrogens with two attached hydrogens (primary N) is 2. The number of thiazole rings is 1. The topological polar surface area (TPSA) is 383 Å². The van der Waals surface area contributed by atoms with Crippen molar-refractivity contribution >= 4 is 80.5 Å². The number of likely N-dealkylation sites (tertiary alicyclic amines) is 1. The van der Waals surface area contributed by atoms with Gasteiger partial charge in [0.05, 0.1) is 48.9 Å². The Balaban J connectivity index is 1.38. The van der Waals surface area contributed by atoms with Crippen molar-refractivity contribution in [2.45, 2.75) is 193 Å². The van der Waals surface area contributed by atoms with Crippen LogP contribution in [-0.2, 0) is 70.8 Å². The highest BCUT2D eigenvalue weighted by atomic mass is 32.2. The summed E-state index contributed by atoms with van der Waals surface area (Å²) in [4.78, 5) is 131. The molecule has 0 aliphatic carbocycles. The van der Waals surface area contributed by atoms with E-state index >= 15 is 0 Å². The number of hydrogen-bond donors (Lipinski definition) is 10. The summed E-state index contributed by atoms with van der Waals surface area (Å²) in [6, 6.07) is 9.25. The van der Waals surface area contributed by atoms with Crippen LogP contribution in [0.1, 0.15) is 142 Å². The van der Waals surface area contributed by atoms with Crippen LogP contribution in [0.2, 0.25) is 0 Å². The molecule has 0 bridgehead atoms. The zero-order valence-electron chi connectivity index (χ0n) is 56.8. The minimum atomic E-state index is -3.81. The van der Waals surface area contributed by atoms with Crippen LogP contribution in [-0.4, -0.2) is 178 Å². The molecule has 29 heteroatoms. The largest absolute Gasteiger partial charge is 0.445 e. The normalized spacial score (nSPS) is 16.6. The standard InChI is InChI=1S/C65H103N13O14S2/c1-14-41(6)54(50(90-11)37-51(79)78-34-21-26-49(78)55(91-12)42(7)56(80)72-48(60-68-33-35-93-60)36-43-22-16-15-17-23-43)77(10)61(84)53(40(4)5)74-62(85)65(8,9)75-64(87)92-38-44-27-29-45(30-28-44)70-57(81)46(25-20-32-69-63(67)86)71-59(83)52(39(2)3)73-58(82)47(24-18-19-31-66)76-94(13,88)89/h15-17,22-23,27-30,33,35,39-42,46-50,52-55,76H,14,18-21,24-26,31-32,34,36-38,66H2,1-13H3,(H,70,81)(H,71,83)(H,72,80)(H,73,82)(H,74,85)(H,75,87)(H3,67,69,86)/t41-,42+,46-,47-,48-,49-,50+,52-,53-,54-,55+/m0/s1. The second-order valence-corrected chi connectivity index (χ2v) is 28.1. The van der Waals surface area contributed by atoms with Crippen LogP contribution in [0, 0.1) is 23.7 Å². The average Bonchev–Trinajstić information content (AvgIpc) is 1.40. The van der Waals surface area contributed by atoms with Crippen molar-refractivity contribution in [3.05, 3.63) is 82.3 Å². The van der Waals surface area contributed by atoms with E-state index in [1.807, 2.05) is 56.5 Å². The van der Waals surface area contributed by atoms with E-state index in [9.17, 15) is 51.6 Å². The number of carbonyl (C=O) groups excluding carboxylic acids is 9. The van der Waals surface area contributed by atoms with Crippen LogP contribution in [0.5, 0.6) is 0 Å². The molecule has 12 N–H and O–H groups in total. The minimum absolute atomic E-state index is 0.0288. The molecule has 524 valence electrons. The molecular formula is C65H103N13O14S2. The first-order chi connectivity index (χ1) is 44.4. The molecule has 1 aromatic heterocycles. The number of ether oxygens (including phenoxy) is 3. The third-order valence-corrected chi connectivity index (χ3v) is 18.5. The Morgan fingerprint density at radius 1 is 0.798 bits per heavy atom. The van der Waals surface area contributed by atoms with E-state index in [0.29, 0.717) is 62.9 Å². The van der Waals surface area contributed by atoms with E-state index in [1.54, 1.807) is 65.1 Å². The lowest BCUT2D eigenvalue weighted by molar-refractivity contribution is -0.148. The highest BCUT2D eigenvalue weighted by Gasteiger charge is 2.44. The first-order valence-corrected chi connectivity index (χ1v) is 35.0. The number of sulfonamides is 1. The first-order valence-electron chi connectivity index (χ1n) is 32.2. The second kappa shape index (κ2) is 38.3. The van der Waals surface area contributed by atoms with Crippen molar-refractivity contribution in [2.24, 2.45) is 35.1 Å². The molecule has 1 aliphatic rings. The Kier molecular flexibility index (Phi) is 32.2. The van der Waals surface area contributed by atoms with Crippen molar-refractivity contribution in [1.82, 2.24) is 51.4 Å². The van der Waals surface area contributed by atoms with Crippen LogP contribution in [0.15, 0.2) is 66.2 Å². The zero-order valence-corrected chi connectivity index (χ0v) is 58.4. The monoisotopic (exact) mass is 1350 g/mol. The molecule has 11 atom stereocenters. The predicted octanol–water partition coefficient (Wildman–Crippen LogP) is 4.37. The van der Waals surface area contributed by atoms with Crippen molar-refractivity contribution in [3.8, 4) is 0 Å². The van der Waals surface area contributed by atoms with E-state index in [4.69, 9.17) is 25.7 Å². The summed E-state index contributed by atoms with van der Waals surface area (Å²) >= 11 is 1.46. The van der Waals surface area contributed by atoms with Gasteiger partial charge in [-0.3, -0.25) is 33.6 Å². The predicted molar refractivity (Wildman–Crippen MR) is 359 cm³/mol. The van der Waals surface area contributed by atoms with Gasteiger partial charge in [-0.1, -0.05) is 104 Å². The molecule has 10 amide bonds. The van der Waals surface area contributed by atoms with Gasteiger partial charge < -0.3 is 72.7 Å². The van der Waals surface area contributed by atoms with Gasteiger partial charge in [0, 0.05) is 51.6 Å². The lowest BCUT2D eigenvalue weighted by atomic mass is 9.89. The lowest BCUT2D eigenvalue weighted by Gasteiger charge is -2.41.